The molecule has 0 saturated carbocycles. The molecule has 0 bridgehead atoms. The number of amides is 1. The smallest absolute Gasteiger partial charge is 0.285 e. The molecule has 0 aliphatic carbocycles. The fourth-order valence-electron chi connectivity index (χ4n) is 5.13. The number of nitrogens with zero attached hydrogens (tertiary/aromatic N) is 7. The Balaban J connectivity index is 1.22. The van der Waals surface area contributed by atoms with E-state index in [1.807, 2.05) is 11.0 Å². The Morgan fingerprint density at radius 3 is 2.57 bits per heavy atom. The van der Waals surface area contributed by atoms with E-state index in [1.165, 1.54) is 4.68 Å². The number of ether oxygens (including phenoxy) is 2. The lowest BCUT2D eigenvalue weighted by Crippen LogP contribution is -2.49. The molecule has 228 valence electrons. The third kappa shape index (κ3) is 8.86. The normalized spacial score (nSPS) is 17.8. The fraction of sp³-hybridized carbons (Fsp3) is 0.621. The summed E-state index contributed by atoms with van der Waals surface area (Å²) < 4.78 is 13.6. The number of rotatable bonds is 12. The van der Waals surface area contributed by atoms with E-state index >= 15 is 0 Å². The summed E-state index contributed by atoms with van der Waals surface area (Å²) in [5, 5.41) is 13.4. The summed E-state index contributed by atoms with van der Waals surface area (Å²) in [6.45, 7) is 12.0. The van der Waals surface area contributed by atoms with Crippen molar-refractivity contribution in [3.05, 3.63) is 44.9 Å². The van der Waals surface area contributed by atoms with E-state index in [2.05, 4.69) is 61.5 Å². The Bertz CT molecular complexity index is 1290. The number of halogens is 1. The van der Waals surface area contributed by atoms with Crippen molar-refractivity contribution in [1.29, 1.82) is 5.26 Å². The molecule has 2 aromatic rings. The van der Waals surface area contributed by atoms with Crippen LogP contribution in [0.25, 0.3) is 0 Å². The molecule has 0 spiro atoms. The first-order chi connectivity index (χ1) is 20.2. The maximum Gasteiger partial charge on any atom is 0.285 e. The molecule has 13 heteroatoms. The minimum atomic E-state index is -1.20. The number of nitriles is 1. The number of anilines is 2. The zero-order valence-electron chi connectivity index (χ0n) is 24.9. The predicted octanol–water partition coefficient (Wildman–Crippen LogP) is 3.70. The van der Waals surface area contributed by atoms with Gasteiger partial charge in [-0.05, 0) is 53.4 Å². The van der Waals surface area contributed by atoms with E-state index in [0.29, 0.717) is 62.5 Å². The van der Waals surface area contributed by atoms with Crippen LogP contribution in [0.3, 0.4) is 0 Å². The van der Waals surface area contributed by atoms with Gasteiger partial charge in [0.1, 0.15) is 23.1 Å². The van der Waals surface area contributed by atoms with Gasteiger partial charge in [0, 0.05) is 53.6 Å². The summed E-state index contributed by atoms with van der Waals surface area (Å²) in [7, 11) is -1.20. The Morgan fingerprint density at radius 2 is 1.88 bits per heavy atom. The van der Waals surface area contributed by atoms with E-state index < -0.39 is 8.07 Å². The lowest BCUT2D eigenvalue weighted by molar-refractivity contribution is -0.132. The topological polar surface area (TPSA) is 117 Å². The quantitative estimate of drug-likeness (QED) is 0.248. The van der Waals surface area contributed by atoms with Crippen LogP contribution in [0.2, 0.25) is 25.7 Å². The number of aromatic nitrogens is 3. The van der Waals surface area contributed by atoms with Crippen LogP contribution in [0.4, 0.5) is 11.5 Å². The van der Waals surface area contributed by atoms with E-state index in [0.717, 1.165) is 43.4 Å². The Kier molecular flexibility index (Phi) is 11.5. The fourth-order valence-corrected chi connectivity index (χ4v) is 6.42. The monoisotopic (exact) mass is 659 g/mol. The predicted molar refractivity (Wildman–Crippen MR) is 168 cm³/mol. The third-order valence-corrected chi connectivity index (χ3v) is 10.2. The average Bonchev–Trinajstić information content (AvgIpc) is 2.99. The first-order valence-corrected chi connectivity index (χ1v) is 19.2. The van der Waals surface area contributed by atoms with E-state index in [9.17, 15) is 9.59 Å². The Hall–Kier alpha value is -2.79. The van der Waals surface area contributed by atoms with Crippen molar-refractivity contribution < 1.29 is 14.3 Å². The molecule has 1 amide bonds. The summed E-state index contributed by atoms with van der Waals surface area (Å²) >= 11 is 3.53. The number of piperidine rings is 1. The molecule has 11 nitrogen and oxygen atoms in total. The summed E-state index contributed by atoms with van der Waals surface area (Å²) in [4.78, 5) is 36.4. The molecule has 2 aliphatic heterocycles. The summed E-state index contributed by atoms with van der Waals surface area (Å²) in [5.41, 5.74) is 1.11. The van der Waals surface area contributed by atoms with Gasteiger partial charge < -0.3 is 24.2 Å². The van der Waals surface area contributed by atoms with Crippen LogP contribution in [-0.4, -0.2) is 92.2 Å². The number of hydrogen-bond donors (Lipinski definition) is 0. The summed E-state index contributed by atoms with van der Waals surface area (Å²) in [6.07, 6.45) is 6.73. The van der Waals surface area contributed by atoms with Gasteiger partial charge in [0.05, 0.1) is 43.1 Å². The number of pyridine rings is 1. The highest BCUT2D eigenvalue weighted by Gasteiger charge is 2.27. The van der Waals surface area contributed by atoms with Crippen LogP contribution in [-0.2, 0) is 21.0 Å². The summed E-state index contributed by atoms with van der Waals surface area (Å²) in [5.74, 6) is 0.914. The van der Waals surface area contributed by atoms with E-state index in [4.69, 9.17) is 14.7 Å². The molecule has 42 heavy (non-hydrogen) atoms. The first kappa shape index (κ1) is 32.1. The van der Waals surface area contributed by atoms with Crippen molar-refractivity contribution in [2.75, 3.05) is 62.3 Å². The number of hydrogen-bond acceptors (Lipinski definition) is 9. The van der Waals surface area contributed by atoms with Crippen LogP contribution >= 0.6 is 15.9 Å². The molecule has 2 fully saturated rings. The molecule has 2 aliphatic rings. The molecule has 2 saturated heterocycles. The third-order valence-electron chi connectivity index (χ3n) is 7.72. The van der Waals surface area contributed by atoms with Gasteiger partial charge in [-0.2, -0.15) is 10.4 Å². The molecule has 4 heterocycles. The molecule has 1 atom stereocenters. The Morgan fingerprint density at radius 1 is 1.10 bits per heavy atom. The molecule has 2 aromatic heterocycles. The highest BCUT2D eigenvalue weighted by atomic mass is 79.9. The van der Waals surface area contributed by atoms with Gasteiger partial charge in [-0.15, -0.1) is 0 Å². The highest BCUT2D eigenvalue weighted by Crippen LogP contribution is 2.29. The van der Waals surface area contributed by atoms with Crippen molar-refractivity contribution in [3.63, 3.8) is 0 Å². The van der Waals surface area contributed by atoms with Gasteiger partial charge in [0.2, 0.25) is 5.91 Å². The summed E-state index contributed by atoms with van der Waals surface area (Å²) in [6, 6.07) is 6.84. The standard InChI is InChI=1S/C29H42BrN7O4Si/c1-42(2,3)17-16-41-22-37-29(39)28(30)25(20-33-37)36-10-5-4-6-24(36)21-40-15-9-27(38)35-13-11-34(12-14-35)26-8-7-23(18-31)19-32-26/h7-8,19-20,24H,4-6,9-17,21-22H2,1-3H3. The number of carbonyl (C=O) groups excluding carboxylic acids is 1. The second kappa shape index (κ2) is 15.1. The van der Waals surface area contributed by atoms with Crippen molar-refractivity contribution in [2.24, 2.45) is 0 Å². The minimum absolute atomic E-state index is 0.0885. The van der Waals surface area contributed by atoms with Gasteiger partial charge in [0.15, 0.2) is 0 Å². The first-order valence-electron chi connectivity index (χ1n) is 14.7. The molecule has 0 N–H and O–H groups in total. The van der Waals surface area contributed by atoms with Gasteiger partial charge in [-0.1, -0.05) is 19.6 Å². The van der Waals surface area contributed by atoms with Crippen molar-refractivity contribution in [1.82, 2.24) is 19.7 Å². The van der Waals surface area contributed by atoms with Crippen molar-refractivity contribution in [3.8, 4) is 6.07 Å². The van der Waals surface area contributed by atoms with Crippen LogP contribution in [0, 0.1) is 11.3 Å². The molecule has 0 radical (unpaired) electrons. The highest BCUT2D eigenvalue weighted by molar-refractivity contribution is 9.10. The number of carbonyl (C=O) groups is 1. The van der Waals surface area contributed by atoms with Gasteiger partial charge in [-0.3, -0.25) is 9.59 Å². The maximum atomic E-state index is 13.0. The van der Waals surface area contributed by atoms with Crippen molar-refractivity contribution >= 4 is 41.4 Å². The minimum Gasteiger partial charge on any atom is -0.379 e. The molecule has 4 rings (SSSR count). The van der Waals surface area contributed by atoms with Crippen LogP contribution in [0.5, 0.6) is 0 Å². The van der Waals surface area contributed by atoms with Crippen LogP contribution in [0.15, 0.2) is 33.8 Å². The molecular weight excluding hydrogens is 618 g/mol. The van der Waals surface area contributed by atoms with Gasteiger partial charge in [-0.25, -0.2) is 9.67 Å². The second-order valence-corrected chi connectivity index (χ2v) is 18.5. The molecule has 1 unspecified atom stereocenters. The zero-order chi connectivity index (χ0) is 30.1. The lowest BCUT2D eigenvalue weighted by Gasteiger charge is -2.37. The lowest BCUT2D eigenvalue weighted by atomic mass is 10.0. The van der Waals surface area contributed by atoms with Crippen LogP contribution in [0.1, 0.15) is 31.2 Å². The molecular formula is C29H42BrN7O4Si. The van der Waals surface area contributed by atoms with E-state index in [-0.39, 0.29) is 24.2 Å². The maximum absolute atomic E-state index is 13.0. The second-order valence-electron chi connectivity index (χ2n) is 12.0. The average molecular weight is 661 g/mol. The largest absolute Gasteiger partial charge is 0.379 e. The van der Waals surface area contributed by atoms with Gasteiger partial charge in [0.25, 0.3) is 5.56 Å². The van der Waals surface area contributed by atoms with E-state index in [1.54, 1.807) is 18.5 Å². The van der Waals surface area contributed by atoms with Gasteiger partial charge >= 0.3 is 0 Å². The SMILES string of the molecule is C[Si](C)(C)CCOCn1ncc(N2CCCCC2COCCC(=O)N2CCN(c3ccc(C#N)cn3)CC2)c(Br)c1=O. The number of piperazine rings is 1. The zero-order valence-corrected chi connectivity index (χ0v) is 27.5. The van der Waals surface area contributed by atoms with Crippen LogP contribution < -0.4 is 15.4 Å². The molecule has 0 aromatic carbocycles. The van der Waals surface area contributed by atoms with Crippen molar-refractivity contribution in [2.45, 2.75) is 64.1 Å². The Labute approximate surface area is 257 Å².